The zero-order valence-corrected chi connectivity index (χ0v) is 20.7. The fraction of sp³-hybridized carbons (Fsp3) is 0.333. The number of aryl methyl sites for hydroxylation is 2. The number of carbonyl (C=O) groups excluding carboxylic acids is 1. The molecule has 37 heavy (non-hydrogen) atoms. The van der Waals surface area contributed by atoms with Gasteiger partial charge in [-0.15, -0.1) is 5.10 Å². The van der Waals surface area contributed by atoms with Crippen LogP contribution in [0.4, 0.5) is 14.7 Å². The number of amides is 1. The lowest BCUT2D eigenvalue weighted by Crippen LogP contribution is -2.25. The van der Waals surface area contributed by atoms with Crippen LogP contribution in [-0.2, 0) is 6.54 Å². The normalized spacial score (nSPS) is 13.8. The zero-order chi connectivity index (χ0) is 26.1. The number of rotatable bonds is 7. The third kappa shape index (κ3) is 5.23. The Hall–Kier alpha value is -4.08. The Morgan fingerprint density at radius 3 is 2.70 bits per heavy atom. The number of nitrogen functional groups attached to an aromatic ring is 1. The number of hydrogen-bond donors (Lipinski definition) is 2. The lowest BCUT2D eigenvalue weighted by atomic mass is 10.0. The minimum Gasteiger partial charge on any atom is -0.493 e. The summed E-state index contributed by atoms with van der Waals surface area (Å²) in [7, 11) is 0. The van der Waals surface area contributed by atoms with Gasteiger partial charge >= 0.3 is 0 Å². The van der Waals surface area contributed by atoms with Crippen molar-refractivity contribution in [3.8, 4) is 16.9 Å². The molecule has 0 atom stereocenters. The maximum atomic E-state index is 14.7. The first-order valence-corrected chi connectivity index (χ1v) is 12.3. The fourth-order valence-corrected chi connectivity index (χ4v) is 4.84. The number of hydrogen-bond acceptors (Lipinski definition) is 6. The van der Waals surface area contributed by atoms with Crippen molar-refractivity contribution < 1.29 is 18.3 Å². The van der Waals surface area contributed by atoms with Crippen LogP contribution >= 0.6 is 0 Å². The standard InChI is InChI=1S/C27H28F2N6O2/c1-15-20(18-7-8-35-25(9-18)33-27(30)34-35)12-21(16(2)32-15)26(36)31-13-22-23(29)10-19(28)11-24(22)37-14-17-5-3-4-6-17/h7-12,17H,3-6,13-14H2,1-2H3,(H2,30,34)(H,31,36). The second kappa shape index (κ2) is 10.1. The summed E-state index contributed by atoms with van der Waals surface area (Å²) >= 11 is 0. The first kappa shape index (κ1) is 24.6. The molecule has 1 amide bonds. The minimum atomic E-state index is -0.762. The number of halogens is 2. The molecular formula is C27H28F2N6O2. The molecule has 1 aliphatic carbocycles. The molecule has 10 heteroatoms. The maximum Gasteiger partial charge on any atom is 0.253 e. The number of anilines is 1. The molecule has 0 spiro atoms. The Labute approximate surface area is 212 Å². The van der Waals surface area contributed by atoms with E-state index in [0.717, 1.165) is 48.6 Å². The lowest BCUT2D eigenvalue weighted by Gasteiger charge is -2.17. The smallest absolute Gasteiger partial charge is 0.253 e. The van der Waals surface area contributed by atoms with Gasteiger partial charge < -0.3 is 15.8 Å². The van der Waals surface area contributed by atoms with E-state index in [2.05, 4.69) is 20.4 Å². The van der Waals surface area contributed by atoms with Crippen molar-refractivity contribution in [3.63, 3.8) is 0 Å². The Kier molecular flexibility index (Phi) is 6.73. The molecular weight excluding hydrogens is 478 g/mol. The van der Waals surface area contributed by atoms with E-state index in [1.54, 1.807) is 23.7 Å². The van der Waals surface area contributed by atoms with E-state index >= 15 is 0 Å². The summed E-state index contributed by atoms with van der Waals surface area (Å²) in [6, 6.07) is 7.37. The van der Waals surface area contributed by atoms with Gasteiger partial charge in [-0.25, -0.2) is 13.3 Å². The molecule has 8 nitrogen and oxygen atoms in total. The molecule has 3 heterocycles. The molecule has 3 N–H and O–H groups in total. The van der Waals surface area contributed by atoms with Crippen molar-refractivity contribution in [2.75, 3.05) is 12.3 Å². The number of benzene rings is 1. The van der Waals surface area contributed by atoms with Crippen molar-refractivity contribution in [2.24, 2.45) is 5.92 Å². The highest BCUT2D eigenvalue weighted by molar-refractivity contribution is 5.96. The highest BCUT2D eigenvalue weighted by Crippen LogP contribution is 2.29. The van der Waals surface area contributed by atoms with Crippen LogP contribution in [0.3, 0.4) is 0 Å². The van der Waals surface area contributed by atoms with E-state index in [0.29, 0.717) is 29.4 Å². The first-order chi connectivity index (χ1) is 17.8. The topological polar surface area (TPSA) is 107 Å². The van der Waals surface area contributed by atoms with Gasteiger partial charge in [-0.2, -0.15) is 4.98 Å². The summed E-state index contributed by atoms with van der Waals surface area (Å²) in [5.74, 6) is -1.25. The van der Waals surface area contributed by atoms with Crippen LogP contribution in [0.2, 0.25) is 0 Å². The van der Waals surface area contributed by atoms with Gasteiger partial charge in [0.15, 0.2) is 5.65 Å². The second-order valence-corrected chi connectivity index (χ2v) is 9.45. The summed E-state index contributed by atoms with van der Waals surface area (Å²) in [5, 5.41) is 6.83. The second-order valence-electron chi connectivity index (χ2n) is 9.45. The maximum absolute atomic E-state index is 14.7. The largest absolute Gasteiger partial charge is 0.493 e. The highest BCUT2D eigenvalue weighted by Gasteiger charge is 2.20. The first-order valence-electron chi connectivity index (χ1n) is 12.3. The third-order valence-corrected chi connectivity index (χ3v) is 6.81. The van der Waals surface area contributed by atoms with Gasteiger partial charge in [-0.05, 0) is 56.4 Å². The average molecular weight is 507 g/mol. The monoisotopic (exact) mass is 506 g/mol. The third-order valence-electron chi connectivity index (χ3n) is 6.81. The van der Waals surface area contributed by atoms with Gasteiger partial charge in [-0.1, -0.05) is 12.8 Å². The molecule has 0 aliphatic heterocycles. The van der Waals surface area contributed by atoms with Crippen molar-refractivity contribution >= 4 is 17.5 Å². The molecule has 0 bridgehead atoms. The van der Waals surface area contributed by atoms with Crippen molar-refractivity contribution in [1.29, 1.82) is 0 Å². The minimum absolute atomic E-state index is 0.112. The fourth-order valence-electron chi connectivity index (χ4n) is 4.84. The van der Waals surface area contributed by atoms with Crippen molar-refractivity contribution in [3.05, 3.63) is 70.7 Å². The highest BCUT2D eigenvalue weighted by atomic mass is 19.1. The van der Waals surface area contributed by atoms with E-state index in [-0.39, 0.29) is 23.8 Å². The Morgan fingerprint density at radius 2 is 1.92 bits per heavy atom. The van der Waals surface area contributed by atoms with Gasteiger partial charge in [-0.3, -0.25) is 9.78 Å². The molecule has 1 fully saturated rings. The van der Waals surface area contributed by atoms with Gasteiger partial charge in [0.1, 0.15) is 17.4 Å². The quantitative estimate of drug-likeness (QED) is 0.374. The lowest BCUT2D eigenvalue weighted by molar-refractivity contribution is 0.0949. The average Bonchev–Trinajstić information content (AvgIpc) is 3.50. The predicted octanol–water partition coefficient (Wildman–Crippen LogP) is 4.77. The van der Waals surface area contributed by atoms with E-state index in [9.17, 15) is 13.6 Å². The van der Waals surface area contributed by atoms with Gasteiger partial charge in [0.05, 0.1) is 17.9 Å². The molecule has 192 valence electrons. The number of nitrogens with zero attached hydrogens (tertiary/aromatic N) is 4. The van der Waals surface area contributed by atoms with Gasteiger partial charge in [0.2, 0.25) is 5.95 Å². The number of aromatic nitrogens is 4. The molecule has 0 unspecified atom stereocenters. The van der Waals surface area contributed by atoms with E-state index in [4.69, 9.17) is 10.5 Å². The van der Waals surface area contributed by atoms with Crippen molar-refractivity contribution in [1.82, 2.24) is 24.9 Å². The molecule has 0 saturated heterocycles. The number of carbonyl (C=O) groups is 1. The van der Waals surface area contributed by atoms with Crippen LogP contribution in [-0.4, -0.2) is 32.1 Å². The molecule has 1 aromatic carbocycles. The summed E-state index contributed by atoms with van der Waals surface area (Å²) < 4.78 is 36.0. The van der Waals surface area contributed by atoms with Crippen LogP contribution < -0.4 is 15.8 Å². The summed E-state index contributed by atoms with van der Waals surface area (Å²) in [6.45, 7) is 3.84. The zero-order valence-electron chi connectivity index (χ0n) is 20.7. The molecule has 5 rings (SSSR count). The summed E-state index contributed by atoms with van der Waals surface area (Å²) in [4.78, 5) is 21.9. The van der Waals surface area contributed by atoms with Crippen LogP contribution in [0, 0.1) is 31.4 Å². The molecule has 4 aromatic rings. The van der Waals surface area contributed by atoms with E-state index in [1.807, 2.05) is 19.1 Å². The summed E-state index contributed by atoms with van der Waals surface area (Å²) in [5.41, 5.74) is 9.52. The molecule has 1 saturated carbocycles. The number of pyridine rings is 2. The van der Waals surface area contributed by atoms with Crippen LogP contribution in [0.1, 0.15) is 53.0 Å². The van der Waals surface area contributed by atoms with Gasteiger partial charge in [0, 0.05) is 41.7 Å². The van der Waals surface area contributed by atoms with Crippen molar-refractivity contribution in [2.45, 2.75) is 46.1 Å². The number of nitrogens with one attached hydrogen (secondary N) is 1. The molecule has 3 aromatic heterocycles. The van der Waals surface area contributed by atoms with Crippen LogP contribution in [0.25, 0.3) is 16.8 Å². The van der Waals surface area contributed by atoms with E-state index < -0.39 is 17.5 Å². The number of nitrogens with two attached hydrogens (primary N) is 1. The molecule has 1 aliphatic rings. The Bertz CT molecular complexity index is 1480. The van der Waals surface area contributed by atoms with Crippen LogP contribution in [0.15, 0.2) is 36.5 Å². The molecule has 0 radical (unpaired) electrons. The summed E-state index contributed by atoms with van der Waals surface area (Å²) in [6.07, 6.45) is 6.10. The van der Waals surface area contributed by atoms with Gasteiger partial charge in [0.25, 0.3) is 5.91 Å². The van der Waals surface area contributed by atoms with Crippen LogP contribution in [0.5, 0.6) is 5.75 Å². The predicted molar refractivity (Wildman–Crippen MR) is 135 cm³/mol. The SMILES string of the molecule is Cc1nc(C)c(-c2ccn3nc(N)nc3c2)cc1C(=O)NCc1c(F)cc(F)cc1OCC1CCCC1. The Morgan fingerprint density at radius 1 is 1.14 bits per heavy atom. The van der Waals surface area contributed by atoms with E-state index in [1.165, 1.54) is 6.07 Å². The number of fused-ring (bicyclic) bond motifs is 1. The Balaban J connectivity index is 1.37. The number of ether oxygens (including phenoxy) is 1.